The van der Waals surface area contributed by atoms with Crippen molar-refractivity contribution in [3.63, 3.8) is 0 Å². The van der Waals surface area contributed by atoms with Gasteiger partial charge in [-0.3, -0.25) is 9.52 Å². The van der Waals surface area contributed by atoms with E-state index in [9.17, 15) is 17.6 Å². The molecule has 0 unspecified atom stereocenters. The van der Waals surface area contributed by atoms with Gasteiger partial charge >= 0.3 is 10.2 Å². The molecule has 1 aliphatic heterocycles. The fourth-order valence-electron chi connectivity index (χ4n) is 3.80. The zero-order chi connectivity index (χ0) is 23.9. The number of hydrogen-bond acceptors (Lipinski definition) is 6. The number of benzene rings is 2. The van der Waals surface area contributed by atoms with E-state index >= 15 is 0 Å². The Kier molecular flexibility index (Phi) is 6.32. The van der Waals surface area contributed by atoms with E-state index < -0.39 is 16.0 Å². The minimum atomic E-state index is -3.96. The summed E-state index contributed by atoms with van der Waals surface area (Å²) in [4.78, 5) is 16.8. The zero-order valence-electron chi connectivity index (χ0n) is 18.2. The van der Waals surface area contributed by atoms with Crippen LogP contribution in [0.25, 0.3) is 10.9 Å². The molecule has 1 fully saturated rings. The second-order valence-corrected chi connectivity index (χ2v) is 9.89. The van der Waals surface area contributed by atoms with E-state index in [2.05, 4.69) is 15.0 Å². The summed E-state index contributed by atoms with van der Waals surface area (Å²) in [6, 6.07) is 5.54. The molecule has 0 aliphatic carbocycles. The molecule has 176 valence electrons. The number of anilines is 3. The van der Waals surface area contributed by atoms with Gasteiger partial charge in [0.2, 0.25) is 0 Å². The molecule has 1 aromatic heterocycles. The number of nitrogens with one attached hydrogen (secondary N) is 2. The fourth-order valence-corrected chi connectivity index (χ4v) is 5.34. The summed E-state index contributed by atoms with van der Waals surface area (Å²) < 4.78 is 50.2. The molecule has 0 amide bonds. The maximum Gasteiger partial charge on any atom is 0.301 e. The van der Waals surface area contributed by atoms with Gasteiger partial charge in [0, 0.05) is 32.9 Å². The van der Waals surface area contributed by atoms with Crippen molar-refractivity contribution >= 4 is 49.8 Å². The first-order chi connectivity index (χ1) is 15.6. The highest BCUT2D eigenvalue weighted by atomic mass is 35.5. The fraction of sp³-hybridized carbons (Fsp3) is 0.333. The van der Waals surface area contributed by atoms with Crippen molar-refractivity contribution in [2.24, 2.45) is 7.05 Å². The molecule has 0 radical (unpaired) electrons. The number of halogens is 2. The molecule has 1 saturated heterocycles. The smallest absolute Gasteiger partial charge is 0.301 e. The second kappa shape index (κ2) is 8.90. The molecule has 2 N–H and O–H groups in total. The lowest BCUT2D eigenvalue weighted by Gasteiger charge is -2.20. The Bertz CT molecular complexity index is 1400. The van der Waals surface area contributed by atoms with Crippen molar-refractivity contribution in [2.75, 3.05) is 30.2 Å². The van der Waals surface area contributed by atoms with Crippen molar-refractivity contribution in [3.8, 4) is 0 Å². The third kappa shape index (κ3) is 4.54. The minimum absolute atomic E-state index is 0.0129. The highest BCUT2D eigenvalue weighted by Crippen LogP contribution is 2.36. The Hall–Kier alpha value is -2.73. The number of hydrogen-bond donors (Lipinski definition) is 2. The minimum Gasteiger partial charge on any atom is -0.380 e. The summed E-state index contributed by atoms with van der Waals surface area (Å²) in [6.45, 7) is 2.22. The topological polar surface area (TPSA) is 106 Å². The maximum atomic E-state index is 14.4. The van der Waals surface area contributed by atoms with Gasteiger partial charge in [0.25, 0.3) is 5.56 Å². The van der Waals surface area contributed by atoms with Crippen LogP contribution < -0.4 is 15.6 Å². The summed E-state index contributed by atoms with van der Waals surface area (Å²) in [6.07, 6.45) is 1.81. The lowest BCUT2D eigenvalue weighted by atomic mass is 10.1. The number of aryl methyl sites for hydroxylation is 2. The molecular formula is C21H23ClFN5O4S. The lowest BCUT2D eigenvalue weighted by molar-refractivity contribution is 0.115. The molecule has 1 aliphatic rings. The predicted octanol–water partition coefficient (Wildman–Crippen LogP) is 3.16. The van der Waals surface area contributed by atoms with Gasteiger partial charge in [-0.1, -0.05) is 11.6 Å². The van der Waals surface area contributed by atoms with Crippen LogP contribution in [0.4, 0.5) is 21.5 Å². The molecule has 2 heterocycles. The van der Waals surface area contributed by atoms with Crippen LogP contribution in [0.3, 0.4) is 0 Å². The summed E-state index contributed by atoms with van der Waals surface area (Å²) >= 11 is 6.45. The van der Waals surface area contributed by atoms with Gasteiger partial charge in [0.1, 0.15) is 5.82 Å². The van der Waals surface area contributed by atoms with Crippen LogP contribution in [0.5, 0.6) is 0 Å². The van der Waals surface area contributed by atoms with Crippen LogP contribution in [-0.4, -0.2) is 48.6 Å². The Labute approximate surface area is 195 Å². The normalized spacial score (nSPS) is 16.9. The summed E-state index contributed by atoms with van der Waals surface area (Å²) in [5.41, 5.74) is 1.47. The van der Waals surface area contributed by atoms with Crippen LogP contribution in [0.1, 0.15) is 12.0 Å². The Morgan fingerprint density at radius 3 is 2.67 bits per heavy atom. The van der Waals surface area contributed by atoms with E-state index in [-0.39, 0.29) is 41.2 Å². The predicted molar refractivity (Wildman–Crippen MR) is 126 cm³/mol. The first-order valence-electron chi connectivity index (χ1n) is 10.1. The van der Waals surface area contributed by atoms with E-state index in [4.69, 9.17) is 16.3 Å². The number of fused-ring (bicyclic) bond motifs is 1. The third-order valence-corrected chi connectivity index (χ3v) is 7.57. The van der Waals surface area contributed by atoms with Gasteiger partial charge in [-0.25, -0.2) is 9.37 Å². The monoisotopic (exact) mass is 495 g/mol. The molecule has 1 atom stereocenters. The van der Waals surface area contributed by atoms with Crippen LogP contribution >= 0.6 is 11.6 Å². The van der Waals surface area contributed by atoms with Crippen molar-refractivity contribution in [1.29, 1.82) is 0 Å². The highest BCUT2D eigenvalue weighted by molar-refractivity contribution is 7.90. The Morgan fingerprint density at radius 1 is 1.24 bits per heavy atom. The van der Waals surface area contributed by atoms with Gasteiger partial charge in [0.15, 0.2) is 0 Å². The first kappa shape index (κ1) is 23.4. The summed E-state index contributed by atoms with van der Waals surface area (Å²) in [5, 5.41) is 3.42. The van der Waals surface area contributed by atoms with E-state index in [0.717, 1.165) is 12.1 Å². The van der Waals surface area contributed by atoms with Crippen LogP contribution in [0.2, 0.25) is 5.02 Å². The number of nitrogens with zero attached hydrogens (tertiary/aromatic N) is 3. The molecule has 2 aromatic carbocycles. The van der Waals surface area contributed by atoms with Crippen molar-refractivity contribution in [1.82, 2.24) is 13.9 Å². The van der Waals surface area contributed by atoms with Crippen molar-refractivity contribution in [3.05, 3.63) is 57.3 Å². The van der Waals surface area contributed by atoms with E-state index in [1.165, 1.54) is 22.3 Å². The quantitative estimate of drug-likeness (QED) is 0.544. The van der Waals surface area contributed by atoms with Crippen molar-refractivity contribution in [2.45, 2.75) is 19.4 Å². The summed E-state index contributed by atoms with van der Waals surface area (Å²) in [7, 11) is -0.834. The average molecular weight is 496 g/mol. The second-order valence-electron chi connectivity index (χ2n) is 7.84. The standard InChI is InChI=1S/C21H23ClFN5O4S/c1-12-15(4-5-16-19(12)21(29)27(2)11-24-16)25-17-8-13(23)9-18(20(17)22)26-33(30,31)28-7-6-14(10-28)32-3/h4-5,8-9,11,14,25-26H,6-7,10H2,1-3H3/t14-/m1/s1. The molecule has 0 bridgehead atoms. The maximum absolute atomic E-state index is 14.4. The molecule has 12 heteroatoms. The van der Waals surface area contributed by atoms with Crippen LogP contribution in [0, 0.1) is 12.7 Å². The number of rotatable bonds is 6. The SMILES string of the molecule is CO[C@@H]1CCN(S(=O)(=O)Nc2cc(F)cc(Nc3ccc4ncn(C)c(=O)c4c3C)c2Cl)C1. The first-order valence-corrected chi connectivity index (χ1v) is 11.9. The molecular weight excluding hydrogens is 473 g/mol. The van der Waals surface area contributed by atoms with Gasteiger partial charge in [-0.05, 0) is 43.2 Å². The van der Waals surface area contributed by atoms with Gasteiger partial charge in [-0.2, -0.15) is 12.7 Å². The zero-order valence-corrected chi connectivity index (χ0v) is 19.8. The Balaban J connectivity index is 1.68. The van der Waals surface area contributed by atoms with E-state index in [0.29, 0.717) is 28.6 Å². The Morgan fingerprint density at radius 2 is 1.97 bits per heavy atom. The van der Waals surface area contributed by atoms with Crippen LogP contribution in [0.15, 0.2) is 35.4 Å². The number of ether oxygens (including phenoxy) is 1. The third-order valence-electron chi connectivity index (χ3n) is 5.67. The molecule has 33 heavy (non-hydrogen) atoms. The van der Waals surface area contributed by atoms with E-state index in [1.54, 1.807) is 26.1 Å². The van der Waals surface area contributed by atoms with Crippen molar-refractivity contribution < 1.29 is 17.5 Å². The summed E-state index contributed by atoms with van der Waals surface area (Å²) in [5.74, 6) is -0.688. The largest absolute Gasteiger partial charge is 0.380 e. The van der Waals surface area contributed by atoms with E-state index in [1.807, 2.05) is 0 Å². The highest BCUT2D eigenvalue weighted by Gasteiger charge is 2.32. The lowest BCUT2D eigenvalue weighted by Crippen LogP contribution is -2.35. The molecule has 4 rings (SSSR count). The number of methoxy groups -OCH3 is 1. The molecule has 3 aromatic rings. The number of aromatic nitrogens is 2. The van der Waals surface area contributed by atoms with Gasteiger partial charge < -0.3 is 14.6 Å². The van der Waals surface area contributed by atoms with Gasteiger partial charge in [-0.15, -0.1) is 0 Å². The molecule has 0 spiro atoms. The molecule has 0 saturated carbocycles. The van der Waals surface area contributed by atoms with Gasteiger partial charge in [0.05, 0.1) is 39.7 Å². The average Bonchev–Trinajstić information content (AvgIpc) is 3.26. The van der Waals surface area contributed by atoms with Crippen LogP contribution in [-0.2, 0) is 22.0 Å². The molecule has 9 nitrogen and oxygen atoms in total.